The lowest BCUT2D eigenvalue weighted by atomic mass is 9.83. The Hall–Kier alpha value is -1.68. The molecule has 0 spiro atoms. The van der Waals surface area contributed by atoms with Crippen molar-refractivity contribution in [1.29, 1.82) is 0 Å². The molecule has 0 atom stereocenters. The molecule has 0 N–H and O–H groups in total. The third-order valence-corrected chi connectivity index (χ3v) is 3.84. The molecule has 2 rings (SSSR count). The fourth-order valence-electron chi connectivity index (χ4n) is 1.88. The number of hydrogen-bond acceptors (Lipinski definition) is 5. The van der Waals surface area contributed by atoms with Gasteiger partial charge in [0.15, 0.2) is 5.59 Å². The van der Waals surface area contributed by atoms with Crippen LogP contribution in [0.2, 0.25) is 0 Å². The minimum absolute atomic E-state index is 0.278. The van der Waals surface area contributed by atoms with E-state index in [2.05, 4.69) is 4.98 Å². The Morgan fingerprint density at radius 3 is 2.09 bits per heavy atom. The summed E-state index contributed by atoms with van der Waals surface area (Å²) < 4.78 is 49.8. The fourth-order valence-corrected chi connectivity index (χ4v) is 1.88. The zero-order valence-corrected chi connectivity index (χ0v) is 12.4. The van der Waals surface area contributed by atoms with E-state index in [0.29, 0.717) is 12.1 Å². The van der Waals surface area contributed by atoms with E-state index in [1.54, 1.807) is 27.7 Å². The zero-order chi connectivity index (χ0) is 16.9. The van der Waals surface area contributed by atoms with Crippen LogP contribution in [-0.4, -0.2) is 28.2 Å². The maximum absolute atomic E-state index is 12.9. The lowest BCUT2D eigenvalue weighted by molar-refractivity contribution is -0.389. The molecule has 0 aromatic carbocycles. The number of nitrogens with zero attached hydrogens (tertiary/aromatic N) is 2. The predicted octanol–water partition coefficient (Wildman–Crippen LogP) is 2.31. The highest BCUT2D eigenvalue weighted by molar-refractivity contribution is 6.61. The van der Waals surface area contributed by atoms with E-state index in [1.165, 1.54) is 0 Å². The van der Waals surface area contributed by atoms with E-state index >= 15 is 0 Å². The van der Waals surface area contributed by atoms with Gasteiger partial charge in [0.2, 0.25) is 0 Å². The molecule has 1 aliphatic rings. The molecule has 1 fully saturated rings. The van der Waals surface area contributed by atoms with Crippen molar-refractivity contribution < 1.29 is 27.4 Å². The van der Waals surface area contributed by atoms with E-state index < -0.39 is 40.8 Å². The van der Waals surface area contributed by atoms with Gasteiger partial charge in [-0.2, -0.15) is 13.2 Å². The highest BCUT2D eigenvalue weighted by Gasteiger charge is 2.54. The van der Waals surface area contributed by atoms with Gasteiger partial charge in [0, 0.05) is 6.07 Å². The van der Waals surface area contributed by atoms with Crippen LogP contribution >= 0.6 is 0 Å². The molecule has 2 heterocycles. The summed E-state index contributed by atoms with van der Waals surface area (Å²) in [5.74, 6) is -0.903. The predicted molar refractivity (Wildman–Crippen MR) is 71.6 cm³/mol. The Bertz CT molecular complexity index is 603. The van der Waals surface area contributed by atoms with Crippen LogP contribution in [0.1, 0.15) is 33.3 Å². The zero-order valence-electron chi connectivity index (χ0n) is 12.4. The minimum atomic E-state index is -4.73. The van der Waals surface area contributed by atoms with Gasteiger partial charge in [-0.1, -0.05) is 0 Å². The van der Waals surface area contributed by atoms with Crippen molar-refractivity contribution in [2.45, 2.75) is 45.1 Å². The van der Waals surface area contributed by atoms with Gasteiger partial charge in [-0.3, -0.25) is 0 Å². The van der Waals surface area contributed by atoms with E-state index in [0.717, 1.165) is 0 Å². The second kappa shape index (κ2) is 4.92. The number of halogens is 3. The van der Waals surface area contributed by atoms with Crippen LogP contribution in [0.5, 0.6) is 0 Å². The first kappa shape index (κ1) is 16.7. The van der Waals surface area contributed by atoms with Crippen molar-refractivity contribution in [3.8, 4) is 0 Å². The molecule has 1 aliphatic heterocycles. The van der Waals surface area contributed by atoms with Crippen molar-refractivity contribution in [2.75, 3.05) is 0 Å². The van der Waals surface area contributed by atoms with Crippen LogP contribution in [-0.2, 0) is 15.5 Å². The first-order valence-corrected chi connectivity index (χ1v) is 6.43. The molecule has 22 heavy (non-hydrogen) atoms. The van der Waals surface area contributed by atoms with Gasteiger partial charge in [-0.15, -0.1) is 0 Å². The maximum atomic E-state index is 12.9. The number of nitro groups is 1. The smallest absolute Gasteiger partial charge is 0.397 e. The molecule has 0 saturated carbocycles. The van der Waals surface area contributed by atoms with Gasteiger partial charge < -0.3 is 19.4 Å². The largest absolute Gasteiger partial charge is 0.542 e. The quantitative estimate of drug-likeness (QED) is 0.475. The van der Waals surface area contributed by atoms with Crippen LogP contribution in [0.15, 0.2) is 12.1 Å². The summed E-state index contributed by atoms with van der Waals surface area (Å²) in [6, 6.07) is 1.09. The van der Waals surface area contributed by atoms with Crippen LogP contribution in [0.3, 0.4) is 0 Å². The van der Waals surface area contributed by atoms with Gasteiger partial charge in [-0.05, 0) is 43.7 Å². The lowest BCUT2D eigenvalue weighted by Gasteiger charge is -2.32. The third-order valence-electron chi connectivity index (χ3n) is 3.84. The molecule has 10 heteroatoms. The summed E-state index contributed by atoms with van der Waals surface area (Å²) in [7, 11) is -1.20. The molecule has 0 amide bonds. The molecule has 0 radical (unpaired) electrons. The average Bonchev–Trinajstić information content (AvgIpc) is 2.57. The number of hydrogen-bond donors (Lipinski definition) is 0. The molecule has 1 aromatic rings. The van der Waals surface area contributed by atoms with E-state index in [-0.39, 0.29) is 5.59 Å². The van der Waals surface area contributed by atoms with Gasteiger partial charge >= 0.3 is 19.1 Å². The van der Waals surface area contributed by atoms with Crippen molar-refractivity contribution >= 4 is 18.5 Å². The van der Waals surface area contributed by atoms with E-state index in [4.69, 9.17) is 9.31 Å². The van der Waals surface area contributed by atoms with E-state index in [1.807, 2.05) is 0 Å². The van der Waals surface area contributed by atoms with Crippen LogP contribution in [0.4, 0.5) is 19.0 Å². The Kier molecular flexibility index (Phi) is 3.73. The molecule has 0 bridgehead atoms. The standard InChI is InChI=1S/C12H14BF3N2O4/c1-10(2)11(3,4)22-13(21-10)8-5-7(12(14,15)16)6-9(17-8)18(19)20/h5-6H,1-4H3. The highest BCUT2D eigenvalue weighted by Crippen LogP contribution is 2.37. The average molecular weight is 318 g/mol. The number of rotatable bonds is 2. The normalized spacial score (nSPS) is 20.2. The Labute approximate surface area is 124 Å². The molecule has 120 valence electrons. The molecule has 1 aromatic heterocycles. The van der Waals surface area contributed by atoms with Crippen molar-refractivity contribution in [1.82, 2.24) is 4.98 Å². The first-order valence-electron chi connectivity index (χ1n) is 6.43. The van der Waals surface area contributed by atoms with Crippen LogP contribution in [0.25, 0.3) is 0 Å². The third kappa shape index (κ3) is 2.93. The van der Waals surface area contributed by atoms with Gasteiger partial charge in [-0.25, -0.2) is 0 Å². The molecular formula is C12H14BF3N2O4. The lowest BCUT2D eigenvalue weighted by Crippen LogP contribution is -2.41. The summed E-state index contributed by atoms with van der Waals surface area (Å²) in [4.78, 5) is 13.4. The molecular weight excluding hydrogens is 304 g/mol. The Balaban J connectivity index is 2.48. The molecule has 0 unspecified atom stereocenters. The first-order chi connectivity index (χ1) is 9.83. The van der Waals surface area contributed by atoms with E-state index in [9.17, 15) is 23.3 Å². The van der Waals surface area contributed by atoms with Gasteiger partial charge in [0.05, 0.1) is 16.8 Å². The van der Waals surface area contributed by atoms with Crippen molar-refractivity contribution in [3.05, 3.63) is 27.8 Å². The van der Waals surface area contributed by atoms with Gasteiger partial charge in [0.1, 0.15) is 0 Å². The molecule has 1 saturated heterocycles. The highest BCUT2D eigenvalue weighted by atomic mass is 19.4. The summed E-state index contributed by atoms with van der Waals surface area (Å²) >= 11 is 0. The topological polar surface area (TPSA) is 74.5 Å². The second-order valence-corrected chi connectivity index (χ2v) is 5.98. The van der Waals surface area contributed by atoms with Crippen molar-refractivity contribution in [3.63, 3.8) is 0 Å². The summed E-state index contributed by atoms with van der Waals surface area (Å²) in [5.41, 5.74) is -3.02. The molecule has 0 aliphatic carbocycles. The number of aromatic nitrogens is 1. The number of pyridine rings is 1. The van der Waals surface area contributed by atoms with Gasteiger partial charge in [0.25, 0.3) is 0 Å². The maximum Gasteiger partial charge on any atom is 0.542 e. The summed E-state index contributed by atoms with van der Waals surface area (Å²) in [5, 5.41) is 10.8. The molecule has 6 nitrogen and oxygen atoms in total. The monoisotopic (exact) mass is 318 g/mol. The Morgan fingerprint density at radius 1 is 1.18 bits per heavy atom. The SMILES string of the molecule is CC1(C)OB(c2cc(C(F)(F)F)cc([N+](=O)[O-])n2)OC1(C)C. The summed E-state index contributed by atoms with van der Waals surface area (Å²) in [6.07, 6.45) is -4.73. The number of alkyl halides is 3. The Morgan fingerprint density at radius 2 is 1.68 bits per heavy atom. The van der Waals surface area contributed by atoms with Crippen molar-refractivity contribution in [2.24, 2.45) is 0 Å². The minimum Gasteiger partial charge on any atom is -0.397 e. The fraction of sp³-hybridized carbons (Fsp3) is 0.583. The summed E-state index contributed by atoms with van der Waals surface area (Å²) in [6.45, 7) is 6.87. The second-order valence-electron chi connectivity index (χ2n) is 5.98. The van der Waals surface area contributed by atoms with Crippen LogP contribution < -0.4 is 5.59 Å². The van der Waals surface area contributed by atoms with Crippen LogP contribution in [0, 0.1) is 10.1 Å².